The highest BCUT2D eigenvalue weighted by Crippen LogP contribution is 2.39. The van der Waals surface area contributed by atoms with Crippen LogP contribution in [0.3, 0.4) is 0 Å². The number of carbonyl (C=O) groups is 1. The largest absolute Gasteiger partial charge is 0.493 e. The monoisotopic (exact) mass is 465 g/mol. The van der Waals surface area contributed by atoms with Crippen molar-refractivity contribution in [1.82, 2.24) is 4.98 Å². The molecule has 0 radical (unpaired) electrons. The van der Waals surface area contributed by atoms with Gasteiger partial charge in [-0.15, -0.1) is 0 Å². The molecule has 1 amide bonds. The maximum Gasteiger partial charge on any atom is 0.271 e. The molecule has 3 aromatic rings. The lowest BCUT2D eigenvalue weighted by molar-refractivity contribution is -0.113. The van der Waals surface area contributed by atoms with Gasteiger partial charge in [0.2, 0.25) is 0 Å². The van der Waals surface area contributed by atoms with Gasteiger partial charge < -0.3 is 9.47 Å². The van der Waals surface area contributed by atoms with Gasteiger partial charge in [-0.2, -0.15) is 0 Å². The van der Waals surface area contributed by atoms with E-state index in [9.17, 15) is 4.79 Å². The maximum absolute atomic E-state index is 13.4. The van der Waals surface area contributed by atoms with E-state index in [1.54, 1.807) is 30.3 Å². The Kier molecular flexibility index (Phi) is 6.78. The number of para-hydroxylation sites is 1. The molecule has 2 aromatic carbocycles. The summed E-state index contributed by atoms with van der Waals surface area (Å²) >= 11 is 7.48. The molecule has 8 heteroatoms. The third-order valence-corrected chi connectivity index (χ3v) is 5.82. The average Bonchev–Trinajstić information content (AvgIpc) is 3.11. The van der Waals surface area contributed by atoms with Crippen molar-refractivity contribution in [1.29, 1.82) is 0 Å². The van der Waals surface area contributed by atoms with Crippen LogP contribution in [0.4, 0.5) is 11.4 Å². The molecule has 32 heavy (non-hydrogen) atoms. The van der Waals surface area contributed by atoms with Crippen molar-refractivity contribution in [3.63, 3.8) is 0 Å². The lowest BCUT2D eigenvalue weighted by atomic mass is 10.2. The standard InChI is InChI=1S/C24H20ClN3O3S/c1-3-31-19-12-11-16(14-20(19)30-2)15-21-23(29)28(17-8-5-4-6-9-17)24(32-21)27-18-10-7-13-26-22(18)25/h4-15H,3H2,1-2H3/b21-15-,27-24?. The minimum atomic E-state index is -0.173. The topological polar surface area (TPSA) is 64.0 Å². The number of amidine groups is 1. The summed E-state index contributed by atoms with van der Waals surface area (Å²) in [6, 6.07) is 18.4. The van der Waals surface area contributed by atoms with Gasteiger partial charge in [0.15, 0.2) is 21.8 Å². The predicted molar refractivity (Wildman–Crippen MR) is 130 cm³/mol. The molecule has 0 spiro atoms. The van der Waals surface area contributed by atoms with Crippen LogP contribution in [0.1, 0.15) is 12.5 Å². The van der Waals surface area contributed by atoms with Crippen molar-refractivity contribution < 1.29 is 14.3 Å². The number of pyridine rings is 1. The molecule has 0 bridgehead atoms. The van der Waals surface area contributed by atoms with Gasteiger partial charge in [-0.3, -0.25) is 9.69 Å². The van der Waals surface area contributed by atoms with E-state index in [1.165, 1.54) is 11.8 Å². The summed E-state index contributed by atoms with van der Waals surface area (Å²) in [5.74, 6) is 1.09. The Labute approximate surface area is 195 Å². The highest BCUT2D eigenvalue weighted by molar-refractivity contribution is 8.19. The molecular weight excluding hydrogens is 446 g/mol. The first-order valence-corrected chi connectivity index (χ1v) is 11.1. The first-order valence-electron chi connectivity index (χ1n) is 9.89. The maximum atomic E-state index is 13.4. The second-order valence-electron chi connectivity index (χ2n) is 6.64. The molecule has 0 N–H and O–H groups in total. The number of aromatic nitrogens is 1. The van der Waals surface area contributed by atoms with Gasteiger partial charge >= 0.3 is 0 Å². The molecule has 1 saturated heterocycles. The van der Waals surface area contributed by atoms with Gasteiger partial charge in [0, 0.05) is 6.20 Å². The van der Waals surface area contributed by atoms with Crippen LogP contribution in [0.2, 0.25) is 5.15 Å². The van der Waals surface area contributed by atoms with Crippen molar-refractivity contribution >= 4 is 51.9 Å². The second kappa shape index (κ2) is 9.89. The zero-order valence-corrected chi connectivity index (χ0v) is 19.1. The Balaban J connectivity index is 1.75. The number of benzene rings is 2. The Morgan fingerprint density at radius 3 is 2.66 bits per heavy atom. The molecule has 0 aliphatic carbocycles. The van der Waals surface area contributed by atoms with Crippen molar-refractivity contribution in [3.05, 3.63) is 82.5 Å². The smallest absolute Gasteiger partial charge is 0.271 e. The normalized spacial score (nSPS) is 16.1. The Hall–Kier alpha value is -3.29. The summed E-state index contributed by atoms with van der Waals surface area (Å²) in [7, 11) is 1.59. The van der Waals surface area contributed by atoms with Gasteiger partial charge in [-0.05, 0) is 66.7 Å². The zero-order valence-electron chi connectivity index (χ0n) is 17.5. The lowest BCUT2D eigenvalue weighted by Crippen LogP contribution is -2.28. The van der Waals surface area contributed by atoms with Crippen molar-refractivity contribution in [2.75, 3.05) is 18.6 Å². The van der Waals surface area contributed by atoms with Gasteiger partial charge in [-0.1, -0.05) is 35.9 Å². The van der Waals surface area contributed by atoms with Crippen LogP contribution in [0, 0.1) is 0 Å². The number of ether oxygens (including phenoxy) is 2. The minimum Gasteiger partial charge on any atom is -0.493 e. The van der Waals surface area contributed by atoms with Gasteiger partial charge in [-0.25, -0.2) is 9.98 Å². The van der Waals surface area contributed by atoms with Crippen LogP contribution in [0.15, 0.2) is 76.8 Å². The van der Waals surface area contributed by atoms with Crippen LogP contribution >= 0.6 is 23.4 Å². The van der Waals surface area contributed by atoms with Crippen molar-refractivity contribution in [2.24, 2.45) is 4.99 Å². The van der Waals surface area contributed by atoms with E-state index < -0.39 is 0 Å². The molecular formula is C24H20ClN3O3S. The SMILES string of the molecule is CCOc1ccc(/C=C2\SC(=Nc3cccnc3Cl)N(c3ccccc3)C2=O)cc1OC. The fraction of sp³-hybridized carbons (Fsp3) is 0.125. The van der Waals surface area contributed by atoms with E-state index in [4.69, 9.17) is 21.1 Å². The summed E-state index contributed by atoms with van der Waals surface area (Å²) in [4.78, 5) is 24.2. The number of aliphatic imine (C=N–C) groups is 1. The number of rotatable bonds is 6. The molecule has 1 aromatic heterocycles. The number of hydrogen-bond acceptors (Lipinski definition) is 6. The summed E-state index contributed by atoms with van der Waals surface area (Å²) < 4.78 is 11.0. The molecule has 1 fully saturated rings. The summed E-state index contributed by atoms with van der Waals surface area (Å²) in [5, 5.41) is 0.773. The Morgan fingerprint density at radius 2 is 1.94 bits per heavy atom. The number of anilines is 1. The first kappa shape index (κ1) is 21.9. The quantitative estimate of drug-likeness (QED) is 0.332. The van der Waals surface area contributed by atoms with E-state index >= 15 is 0 Å². The van der Waals surface area contributed by atoms with Crippen LogP contribution in [-0.4, -0.2) is 29.8 Å². The fourth-order valence-corrected chi connectivity index (χ4v) is 4.27. The second-order valence-corrected chi connectivity index (χ2v) is 8.00. The van der Waals surface area contributed by atoms with E-state index in [0.29, 0.717) is 33.9 Å². The van der Waals surface area contributed by atoms with Crippen molar-refractivity contribution in [2.45, 2.75) is 6.92 Å². The highest BCUT2D eigenvalue weighted by Gasteiger charge is 2.35. The number of hydrogen-bond donors (Lipinski definition) is 0. The molecule has 2 heterocycles. The molecule has 1 aliphatic rings. The number of carbonyl (C=O) groups excluding carboxylic acids is 1. The molecule has 0 unspecified atom stereocenters. The van der Waals surface area contributed by atoms with E-state index in [0.717, 1.165) is 11.3 Å². The van der Waals surface area contributed by atoms with E-state index in [2.05, 4.69) is 9.98 Å². The van der Waals surface area contributed by atoms with E-state index in [-0.39, 0.29) is 11.1 Å². The third kappa shape index (κ3) is 4.64. The highest BCUT2D eigenvalue weighted by atomic mass is 35.5. The summed E-state index contributed by atoms with van der Waals surface area (Å²) in [6.07, 6.45) is 3.41. The first-order chi connectivity index (χ1) is 15.6. The number of nitrogens with zero attached hydrogens (tertiary/aromatic N) is 3. The molecule has 162 valence electrons. The number of methoxy groups -OCH3 is 1. The molecule has 4 rings (SSSR count). The molecule has 6 nitrogen and oxygen atoms in total. The van der Waals surface area contributed by atoms with Crippen molar-refractivity contribution in [3.8, 4) is 11.5 Å². The summed E-state index contributed by atoms with van der Waals surface area (Å²) in [6.45, 7) is 2.45. The summed E-state index contributed by atoms with van der Waals surface area (Å²) in [5.41, 5.74) is 2.03. The molecule has 0 saturated carbocycles. The van der Waals surface area contributed by atoms with E-state index in [1.807, 2.05) is 61.5 Å². The number of thioether (sulfide) groups is 1. The molecule has 1 aliphatic heterocycles. The van der Waals surface area contributed by atoms with Crippen LogP contribution in [-0.2, 0) is 4.79 Å². The number of amides is 1. The lowest BCUT2D eigenvalue weighted by Gasteiger charge is -2.15. The third-order valence-electron chi connectivity index (χ3n) is 4.56. The van der Waals surface area contributed by atoms with Gasteiger partial charge in [0.25, 0.3) is 5.91 Å². The molecule has 0 atom stereocenters. The van der Waals surface area contributed by atoms with Crippen LogP contribution < -0.4 is 14.4 Å². The van der Waals surface area contributed by atoms with Crippen LogP contribution in [0.5, 0.6) is 11.5 Å². The Morgan fingerprint density at radius 1 is 1.12 bits per heavy atom. The van der Waals surface area contributed by atoms with Gasteiger partial charge in [0.05, 0.1) is 24.3 Å². The van der Waals surface area contributed by atoms with Crippen LogP contribution in [0.25, 0.3) is 6.08 Å². The number of halogens is 1. The van der Waals surface area contributed by atoms with Gasteiger partial charge in [0.1, 0.15) is 5.69 Å². The fourth-order valence-electron chi connectivity index (χ4n) is 3.12. The Bertz CT molecular complexity index is 1200. The minimum absolute atomic E-state index is 0.173. The zero-order chi connectivity index (χ0) is 22.5. The average molecular weight is 466 g/mol. The predicted octanol–water partition coefficient (Wildman–Crippen LogP) is 5.95.